The molecule has 178 valence electrons. The minimum atomic E-state index is -3.76. The lowest BCUT2D eigenvalue weighted by molar-refractivity contribution is -0.125. The highest BCUT2D eigenvalue weighted by atomic mass is 32.2. The summed E-state index contributed by atoms with van der Waals surface area (Å²) in [5.41, 5.74) is 1.75. The van der Waals surface area contributed by atoms with Gasteiger partial charge in [-0.1, -0.05) is 54.6 Å². The van der Waals surface area contributed by atoms with Crippen molar-refractivity contribution in [1.29, 1.82) is 0 Å². The van der Waals surface area contributed by atoms with E-state index in [1.54, 1.807) is 56.7 Å². The third-order valence-electron chi connectivity index (χ3n) is 6.15. The summed E-state index contributed by atoms with van der Waals surface area (Å²) in [7, 11) is -0.638. The van der Waals surface area contributed by atoms with E-state index in [4.69, 9.17) is 9.47 Å². The molecule has 0 aromatic heterocycles. The van der Waals surface area contributed by atoms with E-state index in [0.29, 0.717) is 18.0 Å². The molecule has 0 spiro atoms. The maximum atomic E-state index is 13.4. The molecule has 0 radical (unpaired) electrons. The molecule has 7 nitrogen and oxygen atoms in total. The monoisotopic (exact) mass is 480 g/mol. The molecule has 1 saturated heterocycles. The van der Waals surface area contributed by atoms with Crippen molar-refractivity contribution >= 4 is 15.9 Å². The Kier molecular flexibility index (Phi) is 7.19. The highest BCUT2D eigenvalue weighted by molar-refractivity contribution is 7.89. The summed E-state index contributed by atoms with van der Waals surface area (Å²) in [6, 6.07) is 23.3. The predicted octanol–water partition coefficient (Wildman–Crippen LogP) is 3.42. The fourth-order valence-electron chi connectivity index (χ4n) is 4.33. The average Bonchev–Trinajstić information content (AvgIpc) is 3.34. The van der Waals surface area contributed by atoms with Crippen molar-refractivity contribution in [3.05, 3.63) is 90.0 Å². The third kappa shape index (κ3) is 4.93. The van der Waals surface area contributed by atoms with Crippen molar-refractivity contribution in [2.24, 2.45) is 5.92 Å². The quantitative estimate of drug-likeness (QED) is 0.534. The molecule has 8 heteroatoms. The molecule has 1 heterocycles. The van der Waals surface area contributed by atoms with Gasteiger partial charge in [0.15, 0.2) is 0 Å². The zero-order valence-corrected chi connectivity index (χ0v) is 20.0. The molecule has 2 atom stereocenters. The van der Waals surface area contributed by atoms with Crippen LogP contribution >= 0.6 is 0 Å². The summed E-state index contributed by atoms with van der Waals surface area (Å²) in [6.45, 7) is 0.620. The van der Waals surface area contributed by atoms with E-state index < -0.39 is 15.9 Å². The van der Waals surface area contributed by atoms with Crippen molar-refractivity contribution in [3.8, 4) is 11.5 Å². The number of hydrogen-bond donors (Lipinski definition) is 1. The van der Waals surface area contributed by atoms with Gasteiger partial charge in [-0.15, -0.1) is 0 Å². The van der Waals surface area contributed by atoms with Gasteiger partial charge in [-0.25, -0.2) is 8.42 Å². The second kappa shape index (κ2) is 10.3. The summed E-state index contributed by atoms with van der Waals surface area (Å²) in [4.78, 5) is 13.5. The lowest BCUT2D eigenvalue weighted by Gasteiger charge is -2.21. The van der Waals surface area contributed by atoms with Crippen molar-refractivity contribution < 1.29 is 22.7 Å². The topological polar surface area (TPSA) is 84.9 Å². The van der Waals surface area contributed by atoms with Gasteiger partial charge in [0.1, 0.15) is 11.5 Å². The average molecular weight is 481 g/mol. The first-order chi connectivity index (χ1) is 16.4. The number of nitrogens with one attached hydrogen (secondary N) is 1. The molecule has 3 aromatic rings. The standard InChI is InChI=1S/C26H28N2O5S/c1-32-20-13-14-22(25(15-20)33-2)23-17-28(34(30,31)21-11-7-4-8-12-21)18-24(23)26(29)27-16-19-9-5-3-6-10-19/h3-15,23-24H,16-18H2,1-2H3,(H,27,29)/t23-,24+/m1/s1. The molecule has 0 saturated carbocycles. The minimum absolute atomic E-state index is 0.0811. The molecule has 34 heavy (non-hydrogen) atoms. The van der Waals surface area contributed by atoms with Crippen LogP contribution in [0.3, 0.4) is 0 Å². The Morgan fingerprint density at radius 1 is 0.941 bits per heavy atom. The SMILES string of the molecule is COc1ccc([C@H]2CN(S(=O)(=O)c3ccccc3)C[C@@H]2C(=O)NCc2ccccc2)c(OC)c1. The Morgan fingerprint density at radius 3 is 2.26 bits per heavy atom. The normalized spacial score (nSPS) is 18.4. The Bertz CT molecular complexity index is 1230. The van der Waals surface area contributed by atoms with E-state index in [2.05, 4.69) is 5.32 Å². The highest BCUT2D eigenvalue weighted by Gasteiger charge is 2.44. The predicted molar refractivity (Wildman–Crippen MR) is 129 cm³/mol. The van der Waals surface area contributed by atoms with Gasteiger partial charge in [0.25, 0.3) is 0 Å². The van der Waals surface area contributed by atoms with E-state index in [-0.39, 0.29) is 29.8 Å². The van der Waals surface area contributed by atoms with Crippen LogP contribution in [0.1, 0.15) is 17.0 Å². The molecular weight excluding hydrogens is 452 g/mol. The van der Waals surface area contributed by atoms with Gasteiger partial charge in [-0.05, 0) is 29.3 Å². The summed E-state index contributed by atoms with van der Waals surface area (Å²) in [5.74, 6) is 0.0266. The first kappa shape index (κ1) is 23.8. The Balaban J connectivity index is 1.65. The molecule has 1 aliphatic rings. The Labute approximate surface area is 200 Å². The van der Waals surface area contributed by atoms with E-state index in [0.717, 1.165) is 11.1 Å². The lowest BCUT2D eigenvalue weighted by atomic mass is 9.87. The number of benzene rings is 3. The van der Waals surface area contributed by atoms with Gasteiger partial charge in [0.05, 0.1) is 25.0 Å². The molecule has 0 unspecified atom stereocenters. The van der Waals surface area contributed by atoms with Crippen molar-refractivity contribution in [2.75, 3.05) is 27.3 Å². The van der Waals surface area contributed by atoms with Crippen LogP contribution in [0.25, 0.3) is 0 Å². The van der Waals surface area contributed by atoms with E-state index in [1.165, 1.54) is 4.31 Å². The number of nitrogens with zero attached hydrogens (tertiary/aromatic N) is 1. The van der Waals surface area contributed by atoms with Crippen molar-refractivity contribution in [2.45, 2.75) is 17.4 Å². The number of sulfonamides is 1. The highest BCUT2D eigenvalue weighted by Crippen LogP contribution is 2.41. The summed E-state index contributed by atoms with van der Waals surface area (Å²) in [5, 5.41) is 2.99. The van der Waals surface area contributed by atoms with Crippen LogP contribution in [0.15, 0.2) is 83.8 Å². The second-order valence-electron chi connectivity index (χ2n) is 8.16. The van der Waals surface area contributed by atoms with Crippen molar-refractivity contribution in [3.63, 3.8) is 0 Å². The first-order valence-electron chi connectivity index (χ1n) is 11.0. The summed E-state index contributed by atoms with van der Waals surface area (Å²) >= 11 is 0. The van der Waals surface area contributed by atoms with Crippen LogP contribution in [0.4, 0.5) is 0 Å². The number of methoxy groups -OCH3 is 2. The number of rotatable bonds is 8. The van der Waals surface area contributed by atoms with Crippen LogP contribution in [-0.4, -0.2) is 45.9 Å². The number of carbonyl (C=O) groups excluding carboxylic acids is 1. The van der Waals surface area contributed by atoms with E-state index in [9.17, 15) is 13.2 Å². The molecule has 1 N–H and O–H groups in total. The Morgan fingerprint density at radius 2 is 1.62 bits per heavy atom. The summed E-state index contributed by atoms with van der Waals surface area (Å²) in [6.07, 6.45) is 0. The van der Waals surface area contributed by atoms with E-state index in [1.807, 2.05) is 36.4 Å². The van der Waals surface area contributed by atoms with Gasteiger partial charge < -0.3 is 14.8 Å². The zero-order valence-electron chi connectivity index (χ0n) is 19.2. The molecule has 1 amide bonds. The van der Waals surface area contributed by atoms with Crippen molar-refractivity contribution in [1.82, 2.24) is 9.62 Å². The number of amides is 1. The van der Waals surface area contributed by atoms with Crippen LogP contribution in [0.2, 0.25) is 0 Å². The van der Waals surface area contributed by atoms with Gasteiger partial charge in [0, 0.05) is 31.6 Å². The van der Waals surface area contributed by atoms with Crippen LogP contribution in [0.5, 0.6) is 11.5 Å². The number of ether oxygens (including phenoxy) is 2. The van der Waals surface area contributed by atoms with Crippen LogP contribution < -0.4 is 14.8 Å². The molecule has 3 aromatic carbocycles. The Hall–Kier alpha value is -3.36. The fourth-order valence-corrected chi connectivity index (χ4v) is 5.84. The zero-order chi connectivity index (χ0) is 24.1. The lowest BCUT2D eigenvalue weighted by Crippen LogP contribution is -2.35. The van der Waals surface area contributed by atoms with Crippen LogP contribution in [0, 0.1) is 5.92 Å². The summed E-state index contributed by atoms with van der Waals surface area (Å²) < 4.78 is 39.0. The molecular formula is C26H28N2O5S. The maximum Gasteiger partial charge on any atom is 0.243 e. The molecule has 0 aliphatic carbocycles. The van der Waals surface area contributed by atoms with Gasteiger partial charge >= 0.3 is 0 Å². The van der Waals surface area contributed by atoms with Gasteiger partial charge in [-0.2, -0.15) is 4.31 Å². The molecule has 1 aliphatic heterocycles. The maximum absolute atomic E-state index is 13.4. The van der Waals surface area contributed by atoms with Gasteiger partial charge in [-0.3, -0.25) is 4.79 Å². The third-order valence-corrected chi connectivity index (χ3v) is 8.00. The number of carbonyl (C=O) groups is 1. The van der Waals surface area contributed by atoms with E-state index >= 15 is 0 Å². The fraction of sp³-hybridized carbons (Fsp3) is 0.269. The van der Waals surface area contributed by atoms with Gasteiger partial charge in [0.2, 0.25) is 15.9 Å². The largest absolute Gasteiger partial charge is 0.497 e. The molecule has 1 fully saturated rings. The smallest absolute Gasteiger partial charge is 0.243 e. The first-order valence-corrected chi connectivity index (χ1v) is 12.5. The minimum Gasteiger partial charge on any atom is -0.497 e. The number of hydrogen-bond acceptors (Lipinski definition) is 5. The second-order valence-corrected chi connectivity index (χ2v) is 10.1. The molecule has 4 rings (SSSR count). The van der Waals surface area contributed by atoms with Crippen LogP contribution in [-0.2, 0) is 21.4 Å². The molecule has 0 bridgehead atoms.